The maximum atomic E-state index is 12.2. The van der Waals surface area contributed by atoms with E-state index in [4.69, 9.17) is 4.74 Å². The minimum atomic E-state index is -5.04. The van der Waals surface area contributed by atoms with Gasteiger partial charge in [0, 0.05) is 6.61 Å². The van der Waals surface area contributed by atoms with Crippen LogP contribution in [0.4, 0.5) is 13.2 Å². The van der Waals surface area contributed by atoms with Crippen LogP contribution in [0.15, 0.2) is 0 Å². The van der Waals surface area contributed by atoms with Gasteiger partial charge in [0.05, 0.1) is 13.2 Å². The third-order valence-electron chi connectivity index (χ3n) is 3.43. The largest absolute Gasteiger partial charge is 0.471 e. The second-order valence-electron chi connectivity index (χ2n) is 4.46. The zero-order valence-corrected chi connectivity index (χ0v) is 9.54. The third-order valence-corrected chi connectivity index (χ3v) is 3.43. The fourth-order valence-electron chi connectivity index (χ4n) is 2.59. The second kappa shape index (κ2) is 4.11. The normalized spacial score (nSPS) is 34.4. The van der Waals surface area contributed by atoms with E-state index in [1.165, 1.54) is 0 Å². The highest BCUT2D eigenvalue weighted by Gasteiger charge is 2.64. The van der Waals surface area contributed by atoms with E-state index in [0.29, 0.717) is 13.0 Å². The molecule has 0 spiro atoms. The molecule has 2 fully saturated rings. The molecule has 1 amide bonds. The molecule has 8 heteroatoms. The van der Waals surface area contributed by atoms with Crippen LogP contribution in [0, 0.1) is 5.92 Å². The van der Waals surface area contributed by atoms with Gasteiger partial charge in [0.15, 0.2) is 5.54 Å². The van der Waals surface area contributed by atoms with Gasteiger partial charge in [-0.05, 0) is 18.8 Å². The number of rotatable bonds is 2. The van der Waals surface area contributed by atoms with Crippen molar-refractivity contribution in [3.8, 4) is 0 Å². The molecule has 1 heterocycles. The van der Waals surface area contributed by atoms with E-state index < -0.39 is 29.7 Å². The Bertz CT molecular complexity index is 382. The molecule has 2 aliphatic rings. The molecule has 1 aliphatic carbocycles. The number of fused-ring (bicyclic) bond motifs is 1. The van der Waals surface area contributed by atoms with Gasteiger partial charge in [-0.15, -0.1) is 0 Å². The van der Waals surface area contributed by atoms with Crippen molar-refractivity contribution in [3.63, 3.8) is 0 Å². The van der Waals surface area contributed by atoms with Crippen molar-refractivity contribution in [1.29, 1.82) is 0 Å². The number of esters is 1. The summed E-state index contributed by atoms with van der Waals surface area (Å²) < 4.78 is 46.4. The van der Waals surface area contributed by atoms with Gasteiger partial charge in [0.25, 0.3) is 0 Å². The van der Waals surface area contributed by atoms with Crippen molar-refractivity contribution in [3.05, 3.63) is 0 Å². The summed E-state index contributed by atoms with van der Waals surface area (Å²) in [7, 11) is 1.06. The van der Waals surface area contributed by atoms with E-state index in [0.717, 1.165) is 7.11 Å². The first kappa shape index (κ1) is 13.1. The highest BCUT2D eigenvalue weighted by Crippen LogP contribution is 2.47. The van der Waals surface area contributed by atoms with Crippen LogP contribution in [-0.2, 0) is 19.1 Å². The van der Waals surface area contributed by atoms with Gasteiger partial charge >= 0.3 is 18.1 Å². The van der Waals surface area contributed by atoms with Crippen LogP contribution in [0.25, 0.3) is 0 Å². The van der Waals surface area contributed by atoms with Crippen molar-refractivity contribution in [1.82, 2.24) is 5.32 Å². The Morgan fingerprint density at radius 1 is 1.44 bits per heavy atom. The zero-order valence-electron chi connectivity index (χ0n) is 9.54. The van der Waals surface area contributed by atoms with E-state index in [-0.39, 0.29) is 12.3 Å². The van der Waals surface area contributed by atoms with Gasteiger partial charge in [-0.3, -0.25) is 4.79 Å². The first-order chi connectivity index (χ1) is 8.31. The van der Waals surface area contributed by atoms with Crippen LogP contribution in [0.2, 0.25) is 0 Å². The fraction of sp³-hybridized carbons (Fsp3) is 0.800. The van der Waals surface area contributed by atoms with E-state index in [9.17, 15) is 22.8 Å². The lowest BCUT2D eigenvalue weighted by Gasteiger charge is -2.48. The summed E-state index contributed by atoms with van der Waals surface area (Å²) in [6, 6.07) is 0. The lowest BCUT2D eigenvalue weighted by Crippen LogP contribution is -2.72. The highest BCUT2D eigenvalue weighted by atomic mass is 19.4. The number of amides is 1. The van der Waals surface area contributed by atoms with Gasteiger partial charge in [-0.2, -0.15) is 13.2 Å². The Balaban J connectivity index is 2.18. The molecule has 1 saturated heterocycles. The second-order valence-corrected chi connectivity index (χ2v) is 4.46. The van der Waals surface area contributed by atoms with Crippen LogP contribution in [0.5, 0.6) is 0 Å². The number of nitrogens with one attached hydrogen (secondary N) is 1. The molecule has 2 rings (SSSR count). The van der Waals surface area contributed by atoms with Crippen LogP contribution in [-0.4, -0.2) is 43.4 Å². The number of halogens is 3. The predicted molar refractivity (Wildman–Crippen MR) is 51.4 cm³/mol. The van der Waals surface area contributed by atoms with Crippen molar-refractivity contribution in [2.45, 2.75) is 30.7 Å². The summed E-state index contributed by atoms with van der Waals surface area (Å²) in [5.41, 5.74) is -1.69. The lowest BCUT2D eigenvalue weighted by molar-refractivity contribution is -0.188. The number of hydrogen-bond acceptors (Lipinski definition) is 4. The number of carbonyl (C=O) groups excluding carboxylic acids is 2. The smallest absolute Gasteiger partial charge is 0.467 e. The Kier molecular flexibility index (Phi) is 3.00. The molecule has 0 aromatic carbocycles. The summed E-state index contributed by atoms with van der Waals surface area (Å²) in [6.07, 6.45) is -4.97. The number of carbonyl (C=O) groups is 2. The van der Waals surface area contributed by atoms with E-state index in [2.05, 4.69) is 4.74 Å². The average molecular weight is 267 g/mol. The summed E-state index contributed by atoms with van der Waals surface area (Å²) in [6.45, 7) is 0.371. The molecule has 1 aliphatic heterocycles. The van der Waals surface area contributed by atoms with E-state index in [1.54, 1.807) is 5.32 Å². The molecule has 0 aromatic heterocycles. The molecule has 102 valence electrons. The van der Waals surface area contributed by atoms with Gasteiger partial charge < -0.3 is 14.8 Å². The number of ether oxygens (including phenoxy) is 2. The highest BCUT2D eigenvalue weighted by molar-refractivity contribution is 5.92. The molecule has 5 nitrogen and oxygen atoms in total. The predicted octanol–water partition coefficient (Wildman–Crippen LogP) is 0.385. The average Bonchev–Trinajstić information content (AvgIpc) is 2.65. The summed E-state index contributed by atoms with van der Waals surface area (Å²) in [5, 5.41) is 1.73. The fourth-order valence-corrected chi connectivity index (χ4v) is 2.59. The maximum Gasteiger partial charge on any atom is 0.471 e. The lowest BCUT2D eigenvalue weighted by atomic mass is 9.65. The van der Waals surface area contributed by atoms with Gasteiger partial charge in [-0.1, -0.05) is 0 Å². The standard InChI is InChI=1S/C10H12F3NO4/c1-17-8(16)9(14-7(15)10(11,12)13)4-5-2-3-18-6(5)9/h5-6H,2-4H2,1H3,(H,14,15)/t5-,6-,9+/m1/s1. The zero-order chi connectivity index (χ0) is 13.6. The molecule has 18 heavy (non-hydrogen) atoms. The van der Waals surface area contributed by atoms with Crippen LogP contribution in [0.3, 0.4) is 0 Å². The Morgan fingerprint density at radius 2 is 2.11 bits per heavy atom. The van der Waals surface area contributed by atoms with Gasteiger partial charge in [-0.25, -0.2) is 4.79 Å². The molecule has 1 saturated carbocycles. The minimum Gasteiger partial charge on any atom is -0.467 e. The van der Waals surface area contributed by atoms with Gasteiger partial charge in [0.2, 0.25) is 0 Å². The topological polar surface area (TPSA) is 64.6 Å². The number of methoxy groups -OCH3 is 1. The SMILES string of the molecule is COC(=O)[C@]1(NC(=O)C(F)(F)F)C[C@H]2CCO[C@H]21. The van der Waals surface area contributed by atoms with Crippen molar-refractivity contribution in [2.75, 3.05) is 13.7 Å². The first-order valence-corrected chi connectivity index (χ1v) is 5.40. The molecule has 0 unspecified atom stereocenters. The quantitative estimate of drug-likeness (QED) is 0.735. The molecular weight excluding hydrogens is 255 g/mol. The summed E-state index contributed by atoms with van der Waals surface area (Å²) >= 11 is 0. The van der Waals surface area contributed by atoms with Crippen molar-refractivity contribution < 1.29 is 32.2 Å². The van der Waals surface area contributed by atoms with Gasteiger partial charge in [0.1, 0.15) is 0 Å². The minimum absolute atomic E-state index is 0.00219. The van der Waals surface area contributed by atoms with Crippen LogP contribution >= 0.6 is 0 Å². The number of hydrogen-bond donors (Lipinski definition) is 1. The molecule has 1 N–H and O–H groups in total. The van der Waals surface area contributed by atoms with Crippen molar-refractivity contribution >= 4 is 11.9 Å². The van der Waals surface area contributed by atoms with E-state index in [1.807, 2.05) is 0 Å². The monoisotopic (exact) mass is 267 g/mol. The van der Waals surface area contributed by atoms with E-state index >= 15 is 0 Å². The summed E-state index contributed by atoms with van der Waals surface area (Å²) in [5.74, 6) is -3.05. The Hall–Kier alpha value is -1.31. The molecule has 0 aromatic rings. The Labute approximate surface area is 101 Å². The maximum absolute atomic E-state index is 12.2. The third kappa shape index (κ3) is 1.84. The molecule has 0 radical (unpaired) electrons. The van der Waals surface area contributed by atoms with Crippen molar-refractivity contribution in [2.24, 2.45) is 5.92 Å². The molecular formula is C10H12F3NO4. The van der Waals surface area contributed by atoms with Crippen LogP contribution in [0.1, 0.15) is 12.8 Å². The number of alkyl halides is 3. The Morgan fingerprint density at radius 3 is 2.61 bits per heavy atom. The molecule has 3 atom stereocenters. The van der Waals surface area contributed by atoms with Crippen LogP contribution < -0.4 is 5.32 Å². The molecule has 0 bridgehead atoms. The summed E-state index contributed by atoms with van der Waals surface area (Å²) in [4.78, 5) is 22.6. The first-order valence-electron chi connectivity index (χ1n) is 5.40.